The van der Waals surface area contributed by atoms with Crippen molar-refractivity contribution in [2.24, 2.45) is 0 Å². The van der Waals surface area contributed by atoms with Crippen molar-refractivity contribution < 1.29 is 22.5 Å². The van der Waals surface area contributed by atoms with E-state index in [1.54, 1.807) is 18.2 Å². The molecule has 0 saturated heterocycles. The Hall–Kier alpha value is -2.08. The van der Waals surface area contributed by atoms with E-state index in [4.69, 9.17) is 4.74 Å². The molecule has 3 rings (SSSR count). The minimum absolute atomic E-state index is 0.0653. The second kappa shape index (κ2) is 5.04. The summed E-state index contributed by atoms with van der Waals surface area (Å²) >= 11 is 0. The topological polar surface area (TPSA) is 26.3 Å². The number of carbonyl (C=O) groups excluding carboxylic acids is 1. The monoisotopic (exact) mass is 291 g/mol. The lowest BCUT2D eigenvalue weighted by Crippen LogP contribution is -2.34. The molecular formula is C15H11BF3O2-. The summed E-state index contributed by atoms with van der Waals surface area (Å²) in [5, 5.41) is 1.76. The minimum Gasteiger partial charge on any atom is -0.445 e. The number of fused-ring (bicyclic) bond motifs is 1. The summed E-state index contributed by atoms with van der Waals surface area (Å²) in [6.07, 6.45) is 0. The molecular weight excluding hydrogens is 280 g/mol. The Labute approximate surface area is 119 Å². The van der Waals surface area contributed by atoms with Gasteiger partial charge >= 0.3 is 6.98 Å². The van der Waals surface area contributed by atoms with Crippen LogP contribution in [0, 0.1) is 0 Å². The summed E-state index contributed by atoms with van der Waals surface area (Å²) in [6.45, 7) is -6.05. The van der Waals surface area contributed by atoms with E-state index in [0.717, 1.165) is 10.8 Å². The molecule has 21 heavy (non-hydrogen) atoms. The standard InChI is InChI=1S/C15H11BF3O2/c17-16(18,19)15-13(8-21-9-14(15)20)12-6-5-10-3-1-2-4-11(10)7-12/h1-7H,8-9H2/q-1. The molecule has 0 bridgehead atoms. The van der Waals surface area contributed by atoms with Gasteiger partial charge in [0, 0.05) is 0 Å². The van der Waals surface area contributed by atoms with Crippen molar-refractivity contribution in [2.45, 2.75) is 0 Å². The summed E-state index contributed by atoms with van der Waals surface area (Å²) in [7, 11) is 0. The highest BCUT2D eigenvalue weighted by Crippen LogP contribution is 2.33. The fourth-order valence-electron chi connectivity index (χ4n) is 2.57. The third-order valence-corrected chi connectivity index (χ3v) is 3.53. The Bertz CT molecular complexity index is 750. The van der Waals surface area contributed by atoms with Gasteiger partial charge < -0.3 is 17.7 Å². The van der Waals surface area contributed by atoms with Crippen LogP contribution in [0.3, 0.4) is 0 Å². The average Bonchev–Trinajstić information content (AvgIpc) is 2.45. The van der Waals surface area contributed by atoms with E-state index in [1.165, 1.54) is 0 Å². The van der Waals surface area contributed by atoms with Gasteiger partial charge in [-0.25, -0.2) is 0 Å². The Morgan fingerprint density at radius 1 is 0.952 bits per heavy atom. The van der Waals surface area contributed by atoms with Gasteiger partial charge in [-0.05, 0) is 28.0 Å². The summed E-state index contributed by atoms with van der Waals surface area (Å²) in [4.78, 5) is 11.6. The molecule has 0 saturated carbocycles. The third kappa shape index (κ3) is 2.59. The van der Waals surface area contributed by atoms with Gasteiger partial charge in [0.25, 0.3) is 0 Å². The summed E-state index contributed by atoms with van der Waals surface area (Å²) in [5.74, 6) is -0.989. The molecule has 0 atom stereocenters. The Morgan fingerprint density at radius 3 is 2.38 bits per heavy atom. The fraction of sp³-hybridized carbons (Fsp3) is 0.133. The minimum atomic E-state index is -5.35. The highest BCUT2D eigenvalue weighted by molar-refractivity contribution is 6.74. The quantitative estimate of drug-likeness (QED) is 0.790. The summed E-state index contributed by atoms with van der Waals surface area (Å²) < 4.78 is 44.5. The zero-order valence-corrected chi connectivity index (χ0v) is 11.0. The molecule has 0 fully saturated rings. The van der Waals surface area contributed by atoms with Gasteiger partial charge in [-0.3, -0.25) is 4.79 Å². The van der Waals surface area contributed by atoms with Crippen molar-refractivity contribution in [1.82, 2.24) is 0 Å². The average molecular weight is 291 g/mol. The molecule has 0 amide bonds. The molecule has 0 N–H and O–H groups in total. The van der Waals surface area contributed by atoms with Crippen molar-refractivity contribution in [3.8, 4) is 0 Å². The molecule has 108 valence electrons. The van der Waals surface area contributed by atoms with Crippen LogP contribution < -0.4 is 0 Å². The molecule has 1 aliphatic rings. The number of carbonyl (C=O) groups is 1. The maximum atomic E-state index is 13.2. The van der Waals surface area contributed by atoms with Crippen LogP contribution in [0.1, 0.15) is 5.56 Å². The number of hydrogen-bond acceptors (Lipinski definition) is 2. The lowest BCUT2D eigenvalue weighted by molar-refractivity contribution is -0.119. The van der Waals surface area contributed by atoms with Crippen molar-refractivity contribution >= 4 is 29.1 Å². The van der Waals surface area contributed by atoms with Crippen LogP contribution in [0.4, 0.5) is 12.9 Å². The van der Waals surface area contributed by atoms with E-state index in [-0.39, 0.29) is 12.2 Å². The van der Waals surface area contributed by atoms with E-state index in [2.05, 4.69) is 0 Å². The Balaban J connectivity index is 2.20. The number of halogens is 3. The Morgan fingerprint density at radius 2 is 1.67 bits per heavy atom. The van der Waals surface area contributed by atoms with Crippen LogP contribution in [-0.2, 0) is 9.53 Å². The van der Waals surface area contributed by atoms with E-state index in [0.29, 0.717) is 5.56 Å². The molecule has 2 nitrogen and oxygen atoms in total. The highest BCUT2D eigenvalue weighted by atomic mass is 19.4. The molecule has 0 radical (unpaired) electrons. The molecule has 2 aromatic rings. The molecule has 0 aromatic heterocycles. The van der Waals surface area contributed by atoms with E-state index >= 15 is 0 Å². The molecule has 0 aliphatic carbocycles. The first-order valence-electron chi connectivity index (χ1n) is 6.50. The van der Waals surface area contributed by atoms with Crippen LogP contribution >= 0.6 is 0 Å². The number of Topliss-reactive ketones (excluding diaryl/α,β-unsaturated/α-hetero) is 1. The van der Waals surface area contributed by atoms with Crippen molar-refractivity contribution in [3.05, 3.63) is 53.5 Å². The first-order chi connectivity index (χ1) is 9.97. The Kier molecular flexibility index (Phi) is 3.33. The normalized spacial score (nSPS) is 16.6. The molecule has 2 aromatic carbocycles. The number of hydrogen-bond donors (Lipinski definition) is 0. The maximum absolute atomic E-state index is 13.2. The van der Waals surface area contributed by atoms with Crippen LogP contribution in [0.15, 0.2) is 47.9 Å². The van der Waals surface area contributed by atoms with Gasteiger partial charge in [0.2, 0.25) is 0 Å². The number of ketones is 1. The maximum Gasteiger partial charge on any atom is 0.513 e. The van der Waals surface area contributed by atoms with E-state index in [1.807, 2.05) is 24.3 Å². The highest BCUT2D eigenvalue weighted by Gasteiger charge is 2.37. The lowest BCUT2D eigenvalue weighted by Gasteiger charge is -2.27. The third-order valence-electron chi connectivity index (χ3n) is 3.53. The van der Waals surface area contributed by atoms with Crippen LogP contribution in [0.2, 0.25) is 0 Å². The fourth-order valence-corrected chi connectivity index (χ4v) is 2.57. The van der Waals surface area contributed by atoms with Crippen LogP contribution in [0.25, 0.3) is 16.3 Å². The van der Waals surface area contributed by atoms with E-state index < -0.39 is 24.8 Å². The molecule has 0 spiro atoms. The molecule has 0 unspecified atom stereocenters. The summed E-state index contributed by atoms with van der Waals surface area (Å²) in [5.41, 5.74) is -0.711. The number of rotatable bonds is 2. The zero-order valence-electron chi connectivity index (χ0n) is 11.0. The van der Waals surface area contributed by atoms with Gasteiger partial charge in [0.1, 0.15) is 6.61 Å². The van der Waals surface area contributed by atoms with Gasteiger partial charge in [-0.15, -0.1) is 0 Å². The van der Waals surface area contributed by atoms with Gasteiger partial charge in [-0.1, -0.05) is 41.9 Å². The largest absolute Gasteiger partial charge is 0.513 e. The SMILES string of the molecule is O=C1COCC(c2ccc3ccccc3c2)=C1[B-](F)(F)F. The van der Waals surface area contributed by atoms with Gasteiger partial charge in [0.05, 0.1) is 6.61 Å². The lowest BCUT2D eigenvalue weighted by atomic mass is 9.71. The second-order valence-corrected chi connectivity index (χ2v) is 4.94. The predicted octanol–water partition coefficient (Wildman–Crippen LogP) is 3.58. The smallest absolute Gasteiger partial charge is 0.445 e. The van der Waals surface area contributed by atoms with Crippen molar-refractivity contribution in [1.29, 1.82) is 0 Å². The van der Waals surface area contributed by atoms with E-state index in [9.17, 15) is 17.7 Å². The molecule has 6 heteroatoms. The van der Waals surface area contributed by atoms with Crippen LogP contribution in [0.5, 0.6) is 0 Å². The van der Waals surface area contributed by atoms with Crippen LogP contribution in [-0.4, -0.2) is 26.0 Å². The number of ether oxygens (including phenoxy) is 1. The molecule has 1 aliphatic heterocycles. The predicted molar refractivity (Wildman–Crippen MR) is 75.8 cm³/mol. The summed E-state index contributed by atoms with van der Waals surface area (Å²) in [6, 6.07) is 12.4. The van der Waals surface area contributed by atoms with Gasteiger partial charge in [-0.2, -0.15) is 0 Å². The van der Waals surface area contributed by atoms with Crippen molar-refractivity contribution in [2.75, 3.05) is 13.2 Å². The van der Waals surface area contributed by atoms with Gasteiger partial charge in [0.15, 0.2) is 5.78 Å². The van der Waals surface area contributed by atoms with Crippen molar-refractivity contribution in [3.63, 3.8) is 0 Å². The first-order valence-corrected chi connectivity index (χ1v) is 6.50. The number of benzene rings is 2. The second-order valence-electron chi connectivity index (χ2n) is 4.94. The molecule has 1 heterocycles. The zero-order chi connectivity index (χ0) is 15.0. The first kappa shape index (κ1) is 13.9.